The molecule has 0 aliphatic rings. The third kappa shape index (κ3) is 2.14. The van der Waals surface area contributed by atoms with Gasteiger partial charge in [0.05, 0.1) is 0 Å². The number of anilines is 2. The standard InChI is InChI=1S/C13H14N6O/c1-8-15-11(6-12-17-18-13(20)19(8)12)16-10-4-2-3-9(5-10)7-14/h2-6,16H,7,14H2,1H3,(H,18,20). The lowest BCUT2D eigenvalue weighted by molar-refractivity contribution is 0.938. The van der Waals surface area contributed by atoms with Crippen LogP contribution in [0.5, 0.6) is 0 Å². The highest BCUT2D eigenvalue weighted by Gasteiger charge is 2.07. The van der Waals surface area contributed by atoms with E-state index in [0.717, 1.165) is 11.3 Å². The number of aromatic nitrogens is 4. The normalized spacial score (nSPS) is 10.9. The van der Waals surface area contributed by atoms with Gasteiger partial charge in [-0.15, -0.1) is 0 Å². The number of hydrogen-bond acceptors (Lipinski definition) is 5. The van der Waals surface area contributed by atoms with E-state index in [9.17, 15) is 4.79 Å². The van der Waals surface area contributed by atoms with Gasteiger partial charge < -0.3 is 11.1 Å². The summed E-state index contributed by atoms with van der Waals surface area (Å²) in [7, 11) is 0. The van der Waals surface area contributed by atoms with Gasteiger partial charge in [-0.05, 0) is 24.6 Å². The zero-order valence-electron chi connectivity index (χ0n) is 10.9. The van der Waals surface area contributed by atoms with Crippen LogP contribution in [0, 0.1) is 6.92 Å². The fraction of sp³-hybridized carbons (Fsp3) is 0.154. The van der Waals surface area contributed by atoms with E-state index in [1.807, 2.05) is 24.3 Å². The number of hydrogen-bond donors (Lipinski definition) is 3. The SMILES string of the molecule is Cc1nc(Nc2cccc(CN)c2)cc2n[nH]c(=O)n12. The van der Waals surface area contributed by atoms with Crippen molar-refractivity contribution in [3.8, 4) is 0 Å². The molecule has 3 aromatic rings. The Balaban J connectivity index is 2.00. The third-order valence-electron chi connectivity index (χ3n) is 3.01. The monoisotopic (exact) mass is 270 g/mol. The van der Waals surface area contributed by atoms with Crippen molar-refractivity contribution in [3.63, 3.8) is 0 Å². The van der Waals surface area contributed by atoms with Crippen LogP contribution >= 0.6 is 0 Å². The maximum absolute atomic E-state index is 11.5. The van der Waals surface area contributed by atoms with Crippen LogP contribution in [0.4, 0.5) is 11.5 Å². The molecule has 102 valence electrons. The molecule has 0 spiro atoms. The van der Waals surface area contributed by atoms with Crippen LogP contribution in [0.2, 0.25) is 0 Å². The van der Waals surface area contributed by atoms with E-state index >= 15 is 0 Å². The van der Waals surface area contributed by atoms with Crippen molar-refractivity contribution in [2.24, 2.45) is 5.73 Å². The van der Waals surface area contributed by atoms with Gasteiger partial charge >= 0.3 is 5.69 Å². The Kier molecular flexibility index (Phi) is 2.96. The molecular weight excluding hydrogens is 256 g/mol. The molecule has 3 rings (SSSR count). The molecular formula is C13H14N6O. The lowest BCUT2D eigenvalue weighted by atomic mass is 10.2. The fourth-order valence-corrected chi connectivity index (χ4v) is 2.09. The van der Waals surface area contributed by atoms with Crippen molar-refractivity contribution in [2.45, 2.75) is 13.5 Å². The third-order valence-corrected chi connectivity index (χ3v) is 3.01. The largest absolute Gasteiger partial charge is 0.349 e. The molecule has 0 amide bonds. The fourth-order valence-electron chi connectivity index (χ4n) is 2.09. The average molecular weight is 270 g/mol. The summed E-state index contributed by atoms with van der Waals surface area (Å²) in [5.41, 5.74) is 7.78. The maximum atomic E-state index is 11.5. The van der Waals surface area contributed by atoms with Crippen LogP contribution in [-0.2, 0) is 6.54 Å². The summed E-state index contributed by atoms with van der Waals surface area (Å²) in [4.78, 5) is 15.9. The van der Waals surface area contributed by atoms with E-state index in [-0.39, 0.29) is 5.69 Å². The van der Waals surface area contributed by atoms with E-state index in [1.165, 1.54) is 4.40 Å². The minimum absolute atomic E-state index is 0.290. The predicted molar refractivity (Wildman–Crippen MR) is 76.0 cm³/mol. The predicted octanol–water partition coefficient (Wildman–Crippen LogP) is 0.928. The van der Waals surface area contributed by atoms with Gasteiger partial charge in [0.2, 0.25) is 0 Å². The molecule has 2 aromatic heterocycles. The number of aromatic amines is 1. The van der Waals surface area contributed by atoms with E-state index in [2.05, 4.69) is 20.5 Å². The average Bonchev–Trinajstić information content (AvgIpc) is 2.81. The smallest absolute Gasteiger partial charge is 0.340 e. The van der Waals surface area contributed by atoms with Crippen molar-refractivity contribution in [1.82, 2.24) is 19.6 Å². The summed E-state index contributed by atoms with van der Waals surface area (Å²) in [6, 6.07) is 9.48. The molecule has 0 saturated heterocycles. The number of fused-ring (bicyclic) bond motifs is 1. The van der Waals surface area contributed by atoms with E-state index in [4.69, 9.17) is 5.73 Å². The molecule has 0 bridgehead atoms. The first-order valence-electron chi connectivity index (χ1n) is 6.18. The van der Waals surface area contributed by atoms with E-state index < -0.39 is 0 Å². The molecule has 0 unspecified atom stereocenters. The van der Waals surface area contributed by atoms with Crippen LogP contribution in [-0.4, -0.2) is 19.6 Å². The number of nitrogens with one attached hydrogen (secondary N) is 2. The van der Waals surface area contributed by atoms with Crippen molar-refractivity contribution >= 4 is 17.2 Å². The van der Waals surface area contributed by atoms with Gasteiger partial charge in [-0.2, -0.15) is 5.10 Å². The van der Waals surface area contributed by atoms with Crippen molar-refractivity contribution in [3.05, 3.63) is 52.2 Å². The second-order valence-corrected chi connectivity index (χ2v) is 4.44. The van der Waals surface area contributed by atoms with Gasteiger partial charge in [-0.25, -0.2) is 19.3 Å². The van der Waals surface area contributed by atoms with Gasteiger partial charge in [0.25, 0.3) is 0 Å². The highest BCUT2D eigenvalue weighted by molar-refractivity contribution is 5.60. The summed E-state index contributed by atoms with van der Waals surface area (Å²) in [5, 5.41) is 9.53. The van der Waals surface area contributed by atoms with Gasteiger partial charge in [-0.1, -0.05) is 12.1 Å². The topological polar surface area (TPSA) is 101 Å². The Bertz CT molecular complexity index is 819. The lowest BCUT2D eigenvalue weighted by Gasteiger charge is -2.08. The second-order valence-electron chi connectivity index (χ2n) is 4.44. The minimum Gasteiger partial charge on any atom is -0.340 e. The summed E-state index contributed by atoms with van der Waals surface area (Å²) < 4.78 is 1.42. The van der Waals surface area contributed by atoms with Crippen molar-refractivity contribution < 1.29 is 0 Å². The second kappa shape index (κ2) is 4.78. The van der Waals surface area contributed by atoms with Gasteiger partial charge in [0.15, 0.2) is 5.65 Å². The molecule has 0 aliphatic heterocycles. The summed E-state index contributed by atoms with van der Waals surface area (Å²) in [5.74, 6) is 1.20. The summed E-state index contributed by atoms with van der Waals surface area (Å²) in [6.45, 7) is 2.24. The van der Waals surface area contributed by atoms with Crippen LogP contribution < -0.4 is 16.7 Å². The lowest BCUT2D eigenvalue weighted by Crippen LogP contribution is -2.13. The van der Waals surface area contributed by atoms with Gasteiger partial charge in [0.1, 0.15) is 11.6 Å². The molecule has 20 heavy (non-hydrogen) atoms. The maximum Gasteiger partial charge on any atom is 0.349 e. The first-order valence-corrected chi connectivity index (χ1v) is 6.18. The Hall–Kier alpha value is -2.67. The molecule has 0 saturated carbocycles. The highest BCUT2D eigenvalue weighted by Crippen LogP contribution is 2.17. The number of H-pyrrole nitrogens is 1. The van der Waals surface area contributed by atoms with Gasteiger partial charge in [-0.3, -0.25) is 0 Å². The molecule has 4 N–H and O–H groups in total. The Morgan fingerprint density at radius 2 is 2.25 bits per heavy atom. The summed E-state index contributed by atoms with van der Waals surface area (Å²) in [6.07, 6.45) is 0. The van der Waals surface area contributed by atoms with Crippen molar-refractivity contribution in [2.75, 3.05) is 5.32 Å². The Labute approximate surface area is 114 Å². The molecule has 0 fully saturated rings. The number of nitrogens with zero attached hydrogens (tertiary/aromatic N) is 3. The molecule has 7 nitrogen and oxygen atoms in total. The molecule has 0 radical (unpaired) electrons. The summed E-state index contributed by atoms with van der Waals surface area (Å²) >= 11 is 0. The first kappa shape index (κ1) is 12.4. The van der Waals surface area contributed by atoms with Crippen LogP contribution in [0.15, 0.2) is 35.1 Å². The molecule has 0 atom stereocenters. The van der Waals surface area contributed by atoms with E-state index in [1.54, 1.807) is 13.0 Å². The van der Waals surface area contributed by atoms with Crippen LogP contribution in [0.25, 0.3) is 5.65 Å². The minimum atomic E-state index is -0.290. The zero-order chi connectivity index (χ0) is 14.1. The Morgan fingerprint density at radius 3 is 3.05 bits per heavy atom. The zero-order valence-corrected chi connectivity index (χ0v) is 10.9. The number of aryl methyl sites for hydroxylation is 1. The number of nitrogens with two attached hydrogens (primary N) is 1. The van der Waals surface area contributed by atoms with Crippen LogP contribution in [0.1, 0.15) is 11.4 Å². The molecule has 2 heterocycles. The quantitative estimate of drug-likeness (QED) is 0.657. The van der Waals surface area contributed by atoms with E-state index in [0.29, 0.717) is 23.8 Å². The number of benzene rings is 1. The molecule has 0 aliphatic carbocycles. The number of rotatable bonds is 3. The molecule has 1 aromatic carbocycles. The van der Waals surface area contributed by atoms with Gasteiger partial charge in [0, 0.05) is 18.3 Å². The van der Waals surface area contributed by atoms with Crippen molar-refractivity contribution in [1.29, 1.82) is 0 Å². The Morgan fingerprint density at radius 1 is 1.40 bits per heavy atom. The van der Waals surface area contributed by atoms with Crippen LogP contribution in [0.3, 0.4) is 0 Å². The molecule has 7 heteroatoms. The highest BCUT2D eigenvalue weighted by atomic mass is 16.1. The first-order chi connectivity index (χ1) is 9.67.